The van der Waals surface area contributed by atoms with E-state index in [1.165, 1.54) is 22.0 Å². The zero-order valence-corrected chi connectivity index (χ0v) is 25.2. The Kier molecular flexibility index (Phi) is 5.14. The summed E-state index contributed by atoms with van der Waals surface area (Å²) in [6.45, 7) is 17.2. The second-order valence-electron chi connectivity index (χ2n) is 13.6. The molecular formula is C35H35FN5+. The Morgan fingerprint density at radius 1 is 0.756 bits per heavy atom. The Morgan fingerprint density at radius 2 is 1.44 bits per heavy atom. The molecule has 0 saturated heterocycles. The molecule has 0 saturated carbocycles. The maximum atomic E-state index is 14.8. The van der Waals surface area contributed by atoms with E-state index in [4.69, 9.17) is 15.0 Å². The standard InChI is InChI=1S/C35H35FN5/c1-18-14-24-23-11-10-22(36)17-25(23)41-26-16-21(31-37-32(34(3,4)5)39-33(38-31)35(6,7)8)15-20-12-13-40(9)30(28(20)26)27(19(18)2)29(24)41/h10-17H,1-9H3/q+1. The number of benzene rings is 3. The molecule has 0 aliphatic rings. The highest BCUT2D eigenvalue weighted by molar-refractivity contribution is 6.26. The first kappa shape index (κ1) is 25.8. The Hall–Kier alpha value is -4.19. The first-order valence-electron chi connectivity index (χ1n) is 14.2. The fourth-order valence-corrected chi connectivity index (χ4v) is 6.18. The normalized spacial score (nSPS) is 13.1. The van der Waals surface area contributed by atoms with E-state index in [0.717, 1.165) is 55.3 Å². The van der Waals surface area contributed by atoms with Crippen LogP contribution in [-0.4, -0.2) is 19.4 Å². The van der Waals surface area contributed by atoms with E-state index in [2.05, 4.69) is 102 Å². The lowest BCUT2D eigenvalue weighted by Gasteiger charge is -2.23. The average Bonchev–Trinajstić information content (AvgIpc) is 3.21. The third-order valence-corrected chi connectivity index (χ3v) is 8.46. The second kappa shape index (κ2) is 8.19. The summed E-state index contributed by atoms with van der Waals surface area (Å²) in [5.74, 6) is 1.96. The molecule has 5 nitrogen and oxygen atoms in total. The van der Waals surface area contributed by atoms with Crippen molar-refractivity contribution in [3.63, 3.8) is 0 Å². The number of fused-ring (bicyclic) bond motifs is 5. The van der Waals surface area contributed by atoms with Gasteiger partial charge < -0.3 is 4.40 Å². The van der Waals surface area contributed by atoms with E-state index in [-0.39, 0.29) is 16.6 Å². The second-order valence-corrected chi connectivity index (χ2v) is 13.6. The Bertz CT molecular complexity index is 2180. The minimum Gasteiger partial charge on any atom is -0.307 e. The summed E-state index contributed by atoms with van der Waals surface area (Å²) in [4.78, 5) is 14.9. The summed E-state index contributed by atoms with van der Waals surface area (Å²) in [6.07, 6.45) is 2.13. The molecule has 0 fully saturated rings. The molecule has 0 aliphatic heterocycles. The third-order valence-electron chi connectivity index (χ3n) is 8.46. The van der Waals surface area contributed by atoms with Crippen LogP contribution in [0.4, 0.5) is 4.39 Å². The molecule has 0 N–H and O–H groups in total. The van der Waals surface area contributed by atoms with E-state index in [9.17, 15) is 4.39 Å². The van der Waals surface area contributed by atoms with Crippen LogP contribution in [0.2, 0.25) is 0 Å². The predicted molar refractivity (Wildman–Crippen MR) is 165 cm³/mol. The van der Waals surface area contributed by atoms with E-state index in [1.807, 2.05) is 6.07 Å². The molecule has 41 heavy (non-hydrogen) atoms. The number of pyridine rings is 2. The number of hydrogen-bond donors (Lipinski definition) is 0. The van der Waals surface area contributed by atoms with Crippen molar-refractivity contribution in [1.29, 1.82) is 0 Å². The van der Waals surface area contributed by atoms with Crippen molar-refractivity contribution in [3.8, 4) is 11.4 Å². The van der Waals surface area contributed by atoms with Crippen molar-refractivity contribution < 1.29 is 8.96 Å². The number of hydrogen-bond acceptors (Lipinski definition) is 3. The number of aromatic nitrogens is 5. The van der Waals surface area contributed by atoms with Crippen LogP contribution < -0.4 is 4.57 Å². The quantitative estimate of drug-likeness (QED) is 0.119. The van der Waals surface area contributed by atoms with E-state index < -0.39 is 0 Å². The first-order chi connectivity index (χ1) is 19.2. The Morgan fingerprint density at radius 3 is 2.10 bits per heavy atom. The van der Waals surface area contributed by atoms with Gasteiger partial charge in [0.25, 0.3) is 0 Å². The van der Waals surface area contributed by atoms with E-state index in [0.29, 0.717) is 5.82 Å². The summed E-state index contributed by atoms with van der Waals surface area (Å²) >= 11 is 0. The maximum Gasteiger partial charge on any atom is 0.224 e. The van der Waals surface area contributed by atoms with Crippen molar-refractivity contribution in [2.75, 3.05) is 0 Å². The van der Waals surface area contributed by atoms with Gasteiger partial charge in [0.1, 0.15) is 24.5 Å². The summed E-state index contributed by atoms with van der Waals surface area (Å²) in [7, 11) is 2.11. The van der Waals surface area contributed by atoms with Gasteiger partial charge in [-0.25, -0.2) is 23.9 Å². The van der Waals surface area contributed by atoms with Gasteiger partial charge in [-0.05, 0) is 66.8 Å². The molecule has 0 atom stereocenters. The van der Waals surface area contributed by atoms with Crippen LogP contribution in [0.5, 0.6) is 0 Å². The summed E-state index contributed by atoms with van der Waals surface area (Å²) < 4.78 is 19.3. The molecule has 7 rings (SSSR count). The van der Waals surface area contributed by atoms with Crippen molar-refractivity contribution in [1.82, 2.24) is 19.4 Å². The van der Waals surface area contributed by atoms with Crippen LogP contribution >= 0.6 is 0 Å². The maximum absolute atomic E-state index is 14.8. The fourth-order valence-electron chi connectivity index (χ4n) is 6.18. The molecule has 206 valence electrons. The summed E-state index contributed by atoms with van der Waals surface area (Å²) in [5, 5.41) is 5.62. The van der Waals surface area contributed by atoms with Crippen LogP contribution in [0.25, 0.3) is 60.4 Å². The molecule has 0 aliphatic carbocycles. The van der Waals surface area contributed by atoms with Crippen LogP contribution in [-0.2, 0) is 17.9 Å². The van der Waals surface area contributed by atoms with Gasteiger partial charge in [-0.15, -0.1) is 0 Å². The van der Waals surface area contributed by atoms with E-state index in [1.54, 1.807) is 12.1 Å². The van der Waals surface area contributed by atoms with Crippen LogP contribution in [0.1, 0.15) is 64.3 Å². The molecule has 3 aromatic carbocycles. The molecule has 4 aromatic heterocycles. The predicted octanol–water partition coefficient (Wildman–Crippen LogP) is 8.02. The van der Waals surface area contributed by atoms with Crippen molar-refractivity contribution in [2.45, 2.75) is 66.2 Å². The lowest BCUT2D eigenvalue weighted by molar-refractivity contribution is -0.643. The van der Waals surface area contributed by atoms with Crippen molar-refractivity contribution in [2.24, 2.45) is 7.05 Å². The van der Waals surface area contributed by atoms with Gasteiger partial charge in [0.2, 0.25) is 5.52 Å². The van der Waals surface area contributed by atoms with Crippen LogP contribution in [0.3, 0.4) is 0 Å². The smallest absolute Gasteiger partial charge is 0.224 e. The van der Waals surface area contributed by atoms with Gasteiger partial charge in [-0.3, -0.25) is 0 Å². The SMILES string of the molecule is Cc1cc2c3ccc(F)cc3n3c4cc(-c5nc(C(C)(C)C)nc(C(C)(C)C)n5)cc5cc[n+](C)c(c(c1C)c23)c54. The highest BCUT2D eigenvalue weighted by Gasteiger charge is 2.28. The van der Waals surface area contributed by atoms with Crippen molar-refractivity contribution in [3.05, 3.63) is 77.3 Å². The molecule has 0 amide bonds. The van der Waals surface area contributed by atoms with Gasteiger partial charge in [0.15, 0.2) is 12.0 Å². The van der Waals surface area contributed by atoms with Gasteiger partial charge in [0.05, 0.1) is 27.3 Å². The number of halogens is 1. The van der Waals surface area contributed by atoms with Gasteiger partial charge in [-0.1, -0.05) is 41.5 Å². The Labute approximate surface area is 239 Å². The monoisotopic (exact) mass is 544 g/mol. The average molecular weight is 545 g/mol. The topological polar surface area (TPSA) is 47.0 Å². The highest BCUT2D eigenvalue weighted by Crippen LogP contribution is 2.43. The molecule has 7 aromatic rings. The molecule has 6 heteroatoms. The zero-order valence-electron chi connectivity index (χ0n) is 25.2. The largest absolute Gasteiger partial charge is 0.307 e. The lowest BCUT2D eigenvalue weighted by atomic mass is 9.92. The van der Waals surface area contributed by atoms with Crippen LogP contribution in [0, 0.1) is 19.7 Å². The first-order valence-corrected chi connectivity index (χ1v) is 14.2. The zero-order chi connectivity index (χ0) is 29.2. The highest BCUT2D eigenvalue weighted by atomic mass is 19.1. The molecule has 0 spiro atoms. The molecular weight excluding hydrogens is 509 g/mol. The molecule has 0 unspecified atom stereocenters. The number of rotatable bonds is 1. The van der Waals surface area contributed by atoms with Crippen LogP contribution in [0.15, 0.2) is 48.7 Å². The minimum absolute atomic E-state index is 0.238. The summed E-state index contributed by atoms with van der Waals surface area (Å²) in [6, 6.07) is 13.9. The Balaban J connectivity index is 1.72. The minimum atomic E-state index is -0.245. The molecule has 4 heterocycles. The van der Waals surface area contributed by atoms with Gasteiger partial charge >= 0.3 is 0 Å². The number of aryl methyl sites for hydroxylation is 3. The number of nitrogens with zero attached hydrogens (tertiary/aromatic N) is 5. The lowest BCUT2D eigenvalue weighted by Crippen LogP contribution is -2.29. The summed E-state index contributed by atoms with van der Waals surface area (Å²) in [5.41, 5.74) is 7.07. The fraction of sp³-hybridized carbons (Fsp3) is 0.314. The van der Waals surface area contributed by atoms with Crippen molar-refractivity contribution >= 4 is 49.0 Å². The van der Waals surface area contributed by atoms with Gasteiger partial charge in [-0.2, -0.15) is 0 Å². The van der Waals surface area contributed by atoms with Gasteiger partial charge in [0, 0.05) is 33.2 Å². The molecule has 0 bridgehead atoms. The van der Waals surface area contributed by atoms with E-state index >= 15 is 0 Å². The third kappa shape index (κ3) is 3.66. The molecule has 0 radical (unpaired) electrons.